The summed E-state index contributed by atoms with van der Waals surface area (Å²) < 4.78 is 4.76. The summed E-state index contributed by atoms with van der Waals surface area (Å²) in [6.07, 6.45) is 0.281. The molecule has 0 aliphatic rings. The molecular weight excluding hydrogens is 304 g/mol. The Morgan fingerprint density at radius 3 is 2.68 bits per heavy atom. The van der Waals surface area contributed by atoms with Crippen molar-refractivity contribution in [3.63, 3.8) is 0 Å². The van der Waals surface area contributed by atoms with Crippen LogP contribution in [-0.4, -0.2) is 29.4 Å². The standard InChI is InChI=1S/C15H17ClN4O2/c1-2-22-15(21)18-14-7-6-13(19-20-14)17-9-8-11-4-3-5-12(16)10-11/h3-7,10H,2,8-9H2,1H3,(H,17,19)(H,18,20,21). The van der Waals surface area contributed by atoms with Gasteiger partial charge in [-0.1, -0.05) is 23.7 Å². The largest absolute Gasteiger partial charge is 0.450 e. The van der Waals surface area contributed by atoms with Crippen LogP contribution in [0.2, 0.25) is 5.02 Å². The number of amides is 1. The number of rotatable bonds is 6. The number of carbonyl (C=O) groups is 1. The molecule has 1 amide bonds. The van der Waals surface area contributed by atoms with Crippen molar-refractivity contribution in [2.75, 3.05) is 23.8 Å². The average Bonchev–Trinajstić information content (AvgIpc) is 2.49. The lowest BCUT2D eigenvalue weighted by atomic mass is 10.1. The molecule has 2 aromatic rings. The summed E-state index contributed by atoms with van der Waals surface area (Å²) >= 11 is 5.93. The van der Waals surface area contributed by atoms with Gasteiger partial charge in [-0.3, -0.25) is 5.32 Å². The van der Waals surface area contributed by atoms with Crippen molar-refractivity contribution in [2.24, 2.45) is 0 Å². The van der Waals surface area contributed by atoms with Crippen molar-refractivity contribution in [2.45, 2.75) is 13.3 Å². The van der Waals surface area contributed by atoms with Crippen LogP contribution in [0, 0.1) is 0 Å². The van der Waals surface area contributed by atoms with Gasteiger partial charge in [-0.25, -0.2) is 4.79 Å². The van der Waals surface area contributed by atoms with Crippen LogP contribution in [-0.2, 0) is 11.2 Å². The fraction of sp³-hybridized carbons (Fsp3) is 0.267. The Kier molecular flexibility index (Phi) is 5.97. The maximum absolute atomic E-state index is 11.2. The van der Waals surface area contributed by atoms with Gasteiger partial charge in [-0.2, -0.15) is 0 Å². The second-order valence-corrected chi connectivity index (χ2v) is 4.89. The zero-order valence-electron chi connectivity index (χ0n) is 12.2. The fourth-order valence-corrected chi connectivity index (χ4v) is 2.01. The van der Waals surface area contributed by atoms with E-state index in [9.17, 15) is 4.79 Å². The van der Waals surface area contributed by atoms with Gasteiger partial charge >= 0.3 is 6.09 Å². The SMILES string of the molecule is CCOC(=O)Nc1ccc(NCCc2cccc(Cl)c2)nn1. The predicted molar refractivity (Wildman–Crippen MR) is 86.3 cm³/mol. The summed E-state index contributed by atoms with van der Waals surface area (Å²) in [6.45, 7) is 2.75. The lowest BCUT2D eigenvalue weighted by Crippen LogP contribution is -2.15. The zero-order valence-corrected chi connectivity index (χ0v) is 12.9. The van der Waals surface area contributed by atoms with E-state index in [1.165, 1.54) is 0 Å². The first-order valence-corrected chi connectivity index (χ1v) is 7.31. The number of hydrogen-bond acceptors (Lipinski definition) is 5. The molecule has 0 saturated heterocycles. The highest BCUT2D eigenvalue weighted by Gasteiger charge is 2.03. The Labute approximate surface area is 133 Å². The minimum atomic E-state index is -0.543. The van der Waals surface area contributed by atoms with Gasteiger partial charge in [0, 0.05) is 11.6 Å². The topological polar surface area (TPSA) is 76.1 Å². The molecule has 1 aromatic carbocycles. The number of ether oxygens (including phenoxy) is 1. The third-order valence-corrected chi connectivity index (χ3v) is 3.01. The smallest absolute Gasteiger partial charge is 0.412 e. The van der Waals surface area contributed by atoms with Crippen LogP contribution in [0.25, 0.3) is 0 Å². The normalized spacial score (nSPS) is 10.1. The number of nitrogens with one attached hydrogen (secondary N) is 2. The minimum Gasteiger partial charge on any atom is -0.450 e. The Balaban J connectivity index is 1.80. The molecule has 0 atom stereocenters. The van der Waals surface area contributed by atoms with Crippen LogP contribution < -0.4 is 10.6 Å². The average molecular weight is 321 g/mol. The number of carbonyl (C=O) groups excluding carboxylic acids is 1. The van der Waals surface area contributed by atoms with E-state index in [4.69, 9.17) is 16.3 Å². The quantitative estimate of drug-likeness (QED) is 0.853. The van der Waals surface area contributed by atoms with Crippen LogP contribution in [0.3, 0.4) is 0 Å². The number of aromatic nitrogens is 2. The number of benzene rings is 1. The minimum absolute atomic E-state index is 0.308. The van der Waals surface area contributed by atoms with E-state index in [1.54, 1.807) is 19.1 Å². The number of halogens is 1. The highest BCUT2D eigenvalue weighted by atomic mass is 35.5. The second kappa shape index (κ2) is 8.19. The second-order valence-electron chi connectivity index (χ2n) is 4.46. The molecule has 22 heavy (non-hydrogen) atoms. The molecule has 2 N–H and O–H groups in total. The molecule has 0 bridgehead atoms. The van der Waals surface area contributed by atoms with Gasteiger partial charge in [0.15, 0.2) is 5.82 Å². The molecule has 7 heteroatoms. The van der Waals surface area contributed by atoms with Gasteiger partial charge in [0.05, 0.1) is 6.61 Å². The molecule has 0 aliphatic heterocycles. The molecule has 1 aromatic heterocycles. The van der Waals surface area contributed by atoms with E-state index in [0.717, 1.165) is 17.0 Å². The highest BCUT2D eigenvalue weighted by molar-refractivity contribution is 6.30. The first-order valence-electron chi connectivity index (χ1n) is 6.93. The van der Waals surface area contributed by atoms with E-state index in [1.807, 2.05) is 24.3 Å². The van der Waals surface area contributed by atoms with Gasteiger partial charge in [0.1, 0.15) is 5.82 Å². The van der Waals surface area contributed by atoms with Crippen molar-refractivity contribution in [1.29, 1.82) is 0 Å². The molecule has 0 aliphatic carbocycles. The Bertz CT molecular complexity index is 619. The third kappa shape index (κ3) is 5.21. The van der Waals surface area contributed by atoms with Gasteiger partial charge in [0.25, 0.3) is 0 Å². The van der Waals surface area contributed by atoms with Crippen molar-refractivity contribution in [1.82, 2.24) is 10.2 Å². The summed E-state index contributed by atoms with van der Waals surface area (Å²) in [5, 5.41) is 14.2. The van der Waals surface area contributed by atoms with E-state index in [0.29, 0.717) is 24.8 Å². The van der Waals surface area contributed by atoms with Crippen molar-refractivity contribution >= 4 is 29.3 Å². The Morgan fingerprint density at radius 1 is 1.23 bits per heavy atom. The summed E-state index contributed by atoms with van der Waals surface area (Å²) in [6, 6.07) is 11.1. The molecule has 0 unspecified atom stereocenters. The van der Waals surface area contributed by atoms with Crippen LogP contribution in [0.4, 0.5) is 16.4 Å². The zero-order chi connectivity index (χ0) is 15.8. The van der Waals surface area contributed by atoms with Crippen molar-refractivity contribution < 1.29 is 9.53 Å². The molecule has 0 spiro atoms. The maximum atomic E-state index is 11.2. The molecular formula is C15H17ClN4O2. The summed E-state index contributed by atoms with van der Waals surface area (Å²) in [5.74, 6) is 0.982. The lowest BCUT2D eigenvalue weighted by Gasteiger charge is -2.07. The molecule has 0 fully saturated rings. The van der Waals surface area contributed by atoms with E-state index >= 15 is 0 Å². The Morgan fingerprint density at radius 2 is 2.00 bits per heavy atom. The third-order valence-electron chi connectivity index (χ3n) is 2.78. The van der Waals surface area contributed by atoms with Crippen LogP contribution >= 0.6 is 11.6 Å². The maximum Gasteiger partial charge on any atom is 0.412 e. The van der Waals surface area contributed by atoms with E-state index in [-0.39, 0.29) is 0 Å². The van der Waals surface area contributed by atoms with Crippen LogP contribution in [0.15, 0.2) is 36.4 Å². The first-order chi connectivity index (χ1) is 10.7. The van der Waals surface area contributed by atoms with Crippen molar-refractivity contribution in [3.05, 3.63) is 47.0 Å². The molecule has 0 radical (unpaired) electrons. The molecule has 116 valence electrons. The highest BCUT2D eigenvalue weighted by Crippen LogP contribution is 2.11. The molecule has 2 rings (SSSR count). The van der Waals surface area contributed by atoms with E-state index < -0.39 is 6.09 Å². The first kappa shape index (κ1) is 16.0. The summed E-state index contributed by atoms with van der Waals surface area (Å²) in [5.41, 5.74) is 1.15. The fourth-order valence-electron chi connectivity index (χ4n) is 1.79. The molecule has 0 saturated carbocycles. The van der Waals surface area contributed by atoms with Gasteiger partial charge < -0.3 is 10.1 Å². The monoisotopic (exact) mass is 320 g/mol. The summed E-state index contributed by atoms with van der Waals surface area (Å²) in [7, 11) is 0. The van der Waals surface area contributed by atoms with Gasteiger partial charge in [-0.15, -0.1) is 10.2 Å². The van der Waals surface area contributed by atoms with Crippen LogP contribution in [0.5, 0.6) is 0 Å². The molecule has 1 heterocycles. The number of anilines is 2. The number of hydrogen-bond donors (Lipinski definition) is 2. The number of nitrogens with zero attached hydrogens (tertiary/aromatic N) is 2. The van der Waals surface area contributed by atoms with Gasteiger partial charge in [-0.05, 0) is 43.2 Å². The lowest BCUT2D eigenvalue weighted by molar-refractivity contribution is 0.168. The van der Waals surface area contributed by atoms with Gasteiger partial charge in [0.2, 0.25) is 0 Å². The van der Waals surface area contributed by atoms with E-state index in [2.05, 4.69) is 20.8 Å². The van der Waals surface area contributed by atoms with Crippen LogP contribution in [0.1, 0.15) is 12.5 Å². The van der Waals surface area contributed by atoms with Crippen molar-refractivity contribution in [3.8, 4) is 0 Å². The molecule has 6 nitrogen and oxygen atoms in total. The Hall–Kier alpha value is -2.34. The summed E-state index contributed by atoms with van der Waals surface area (Å²) in [4.78, 5) is 11.2. The predicted octanol–water partition coefficient (Wildman–Crippen LogP) is 3.35.